The van der Waals surface area contributed by atoms with Gasteiger partial charge in [0.25, 0.3) is 0 Å². The quantitative estimate of drug-likeness (QED) is 0.551. The Bertz CT molecular complexity index is 1020. The Morgan fingerprint density at radius 2 is 1.56 bits per heavy atom. The topological polar surface area (TPSA) is 23.9 Å². The molecular formula is C24H21N. The van der Waals surface area contributed by atoms with E-state index in [1.807, 2.05) is 30.3 Å². The van der Waals surface area contributed by atoms with E-state index in [1.54, 1.807) is 0 Å². The molecule has 25 heavy (non-hydrogen) atoms. The van der Waals surface area contributed by atoms with E-state index in [-0.39, 0.29) is 5.92 Å². The van der Waals surface area contributed by atoms with Crippen molar-refractivity contribution in [1.29, 1.82) is 5.41 Å². The van der Waals surface area contributed by atoms with Crippen molar-refractivity contribution < 1.29 is 0 Å². The molecule has 122 valence electrons. The van der Waals surface area contributed by atoms with Gasteiger partial charge in [-0.25, -0.2) is 0 Å². The Morgan fingerprint density at radius 1 is 0.840 bits per heavy atom. The van der Waals surface area contributed by atoms with Crippen LogP contribution in [0.4, 0.5) is 0 Å². The minimum atomic E-state index is 0.253. The zero-order chi connectivity index (χ0) is 17.4. The summed E-state index contributed by atoms with van der Waals surface area (Å²) < 4.78 is 0. The second-order valence-electron chi connectivity index (χ2n) is 6.69. The van der Waals surface area contributed by atoms with Crippen LogP contribution in [0.1, 0.15) is 36.5 Å². The molecule has 1 nitrogen and oxygen atoms in total. The first kappa shape index (κ1) is 15.6. The van der Waals surface area contributed by atoms with E-state index >= 15 is 0 Å². The first-order chi connectivity index (χ1) is 12.2. The number of fused-ring (bicyclic) bond motifs is 1. The number of rotatable bonds is 3. The summed E-state index contributed by atoms with van der Waals surface area (Å²) in [5.41, 5.74) is 6.53. The lowest BCUT2D eigenvalue weighted by atomic mass is 9.84. The summed E-state index contributed by atoms with van der Waals surface area (Å²) >= 11 is 0. The second-order valence-corrected chi connectivity index (χ2v) is 6.69. The fourth-order valence-corrected chi connectivity index (χ4v) is 3.67. The summed E-state index contributed by atoms with van der Waals surface area (Å²) in [6.07, 6.45) is 4.46. The van der Waals surface area contributed by atoms with Crippen LogP contribution in [-0.4, -0.2) is 5.71 Å². The molecule has 1 heteroatoms. The maximum absolute atomic E-state index is 8.93. The number of nitrogens with one attached hydrogen (secondary N) is 1. The Balaban J connectivity index is 1.98. The molecule has 0 saturated carbocycles. The van der Waals surface area contributed by atoms with Crippen LogP contribution in [0.5, 0.6) is 0 Å². The summed E-state index contributed by atoms with van der Waals surface area (Å²) in [5, 5.41) is 11.3. The predicted octanol–water partition coefficient (Wildman–Crippen LogP) is 6.25. The van der Waals surface area contributed by atoms with Crippen molar-refractivity contribution in [3.05, 3.63) is 107 Å². The zero-order valence-electron chi connectivity index (χ0n) is 14.6. The van der Waals surface area contributed by atoms with Crippen molar-refractivity contribution in [1.82, 2.24) is 0 Å². The lowest BCUT2D eigenvalue weighted by Gasteiger charge is -2.20. The third-order valence-corrected chi connectivity index (χ3v) is 5.24. The molecule has 0 fully saturated rings. The average Bonchev–Trinajstić information content (AvgIpc) is 3.00. The first-order valence-electron chi connectivity index (χ1n) is 8.68. The molecule has 0 saturated heterocycles. The van der Waals surface area contributed by atoms with Crippen LogP contribution >= 0.6 is 0 Å². The predicted molar refractivity (Wildman–Crippen MR) is 107 cm³/mol. The number of benzene rings is 3. The van der Waals surface area contributed by atoms with E-state index in [0.717, 1.165) is 16.5 Å². The largest absolute Gasteiger partial charge is 0.300 e. The maximum Gasteiger partial charge on any atom is 0.0693 e. The Kier molecular flexibility index (Phi) is 3.85. The molecule has 1 aliphatic carbocycles. The molecule has 4 rings (SSSR count). The molecule has 0 radical (unpaired) electrons. The summed E-state index contributed by atoms with van der Waals surface area (Å²) in [5.74, 6) is 0.253. The van der Waals surface area contributed by atoms with Crippen molar-refractivity contribution in [3.8, 4) is 0 Å². The van der Waals surface area contributed by atoms with Crippen molar-refractivity contribution in [3.63, 3.8) is 0 Å². The van der Waals surface area contributed by atoms with Crippen molar-refractivity contribution in [2.24, 2.45) is 0 Å². The lowest BCUT2D eigenvalue weighted by Crippen LogP contribution is -2.09. The fourth-order valence-electron chi connectivity index (χ4n) is 3.67. The van der Waals surface area contributed by atoms with Crippen LogP contribution in [-0.2, 0) is 0 Å². The lowest BCUT2D eigenvalue weighted by molar-refractivity contribution is 1.00. The summed E-state index contributed by atoms with van der Waals surface area (Å²) in [7, 11) is 0. The van der Waals surface area contributed by atoms with Crippen LogP contribution in [0.3, 0.4) is 0 Å². The van der Waals surface area contributed by atoms with Crippen molar-refractivity contribution in [2.75, 3.05) is 0 Å². The highest BCUT2D eigenvalue weighted by molar-refractivity contribution is 6.19. The van der Waals surface area contributed by atoms with Gasteiger partial charge < -0.3 is 0 Å². The van der Waals surface area contributed by atoms with Gasteiger partial charge in [0.2, 0.25) is 0 Å². The summed E-state index contributed by atoms with van der Waals surface area (Å²) in [6.45, 7) is 4.36. The van der Waals surface area contributed by atoms with Gasteiger partial charge >= 0.3 is 0 Å². The molecule has 0 aromatic heterocycles. The third-order valence-electron chi connectivity index (χ3n) is 5.24. The van der Waals surface area contributed by atoms with Crippen molar-refractivity contribution >= 4 is 16.5 Å². The second kappa shape index (κ2) is 6.18. The molecule has 1 unspecified atom stereocenters. The van der Waals surface area contributed by atoms with E-state index in [9.17, 15) is 0 Å². The normalized spacial score (nSPS) is 16.6. The Labute approximate surface area is 148 Å². The Morgan fingerprint density at radius 3 is 2.28 bits per heavy atom. The highest BCUT2D eigenvalue weighted by atomic mass is 14.4. The van der Waals surface area contributed by atoms with Gasteiger partial charge in [0, 0.05) is 17.0 Å². The van der Waals surface area contributed by atoms with E-state index < -0.39 is 0 Å². The van der Waals surface area contributed by atoms with Gasteiger partial charge in [-0.3, -0.25) is 5.41 Å². The molecule has 1 aliphatic rings. The average molecular weight is 323 g/mol. The van der Waals surface area contributed by atoms with E-state index in [1.165, 1.54) is 22.1 Å². The van der Waals surface area contributed by atoms with Gasteiger partial charge in [-0.15, -0.1) is 0 Å². The molecule has 0 spiro atoms. The molecule has 0 bridgehead atoms. The number of hydrogen-bond donors (Lipinski definition) is 1. The summed E-state index contributed by atoms with van der Waals surface area (Å²) in [4.78, 5) is 0. The van der Waals surface area contributed by atoms with Crippen LogP contribution in [0.15, 0.2) is 90.0 Å². The van der Waals surface area contributed by atoms with E-state index in [4.69, 9.17) is 5.41 Å². The highest BCUT2D eigenvalue weighted by Crippen LogP contribution is 2.38. The van der Waals surface area contributed by atoms with Crippen LogP contribution < -0.4 is 0 Å². The fraction of sp³-hybridized carbons (Fsp3) is 0.125. The van der Waals surface area contributed by atoms with Crippen LogP contribution in [0.25, 0.3) is 10.8 Å². The number of hydrogen-bond acceptors (Lipinski definition) is 1. The molecular weight excluding hydrogens is 302 g/mol. The first-order valence-corrected chi connectivity index (χ1v) is 8.68. The minimum absolute atomic E-state index is 0.253. The monoisotopic (exact) mass is 323 g/mol. The van der Waals surface area contributed by atoms with Gasteiger partial charge in [0.15, 0.2) is 0 Å². The molecule has 0 amide bonds. The molecule has 0 aliphatic heterocycles. The molecule has 3 aromatic rings. The highest BCUT2D eigenvalue weighted by Gasteiger charge is 2.23. The summed E-state index contributed by atoms with van der Waals surface area (Å²) in [6, 6.07) is 22.8. The van der Waals surface area contributed by atoms with Crippen molar-refractivity contribution in [2.45, 2.75) is 19.8 Å². The smallest absolute Gasteiger partial charge is 0.0693 e. The minimum Gasteiger partial charge on any atom is -0.300 e. The third kappa shape index (κ3) is 2.62. The van der Waals surface area contributed by atoms with Gasteiger partial charge in [-0.1, -0.05) is 90.0 Å². The van der Waals surface area contributed by atoms with Gasteiger partial charge in [-0.05, 0) is 30.2 Å². The van der Waals surface area contributed by atoms with E-state index in [2.05, 4.69) is 62.4 Å². The van der Waals surface area contributed by atoms with Crippen LogP contribution in [0.2, 0.25) is 0 Å². The maximum atomic E-state index is 8.93. The van der Waals surface area contributed by atoms with E-state index in [0.29, 0.717) is 5.71 Å². The standard InChI is InChI=1S/C24H21N/c1-16-12-14-20(17(16)2)22-15-13-18-8-6-7-11-21(18)23(22)24(25)19-9-4-3-5-10-19/h3-15,20,25H,1-2H3. The number of allylic oxidation sites excluding steroid dienone is 4. The molecule has 3 aromatic carbocycles. The van der Waals surface area contributed by atoms with Crippen LogP contribution in [0, 0.1) is 5.41 Å². The SMILES string of the molecule is CC1=C(C)C(c2ccc3ccccc3c2C(=N)c2ccccc2)C=C1. The van der Waals surface area contributed by atoms with Gasteiger partial charge in [0.1, 0.15) is 0 Å². The zero-order valence-corrected chi connectivity index (χ0v) is 14.6. The Hall–Kier alpha value is -2.93. The van der Waals surface area contributed by atoms with Gasteiger partial charge in [-0.2, -0.15) is 0 Å². The van der Waals surface area contributed by atoms with Gasteiger partial charge in [0.05, 0.1) is 5.71 Å². The molecule has 1 N–H and O–H groups in total. The molecule has 1 atom stereocenters. The molecule has 0 heterocycles.